The molecule has 35 heavy (non-hydrogen) atoms. The van der Waals surface area contributed by atoms with Crippen molar-refractivity contribution in [3.63, 3.8) is 0 Å². The number of hydrogen-bond donors (Lipinski definition) is 1. The molecule has 1 aromatic carbocycles. The molecule has 2 heteroatoms. The highest BCUT2D eigenvalue weighted by Gasteiger charge is 2.25. The van der Waals surface area contributed by atoms with E-state index in [0.29, 0.717) is 17.9 Å². The summed E-state index contributed by atoms with van der Waals surface area (Å²) in [5.74, 6) is 0.990. The van der Waals surface area contributed by atoms with E-state index in [-0.39, 0.29) is 0 Å². The van der Waals surface area contributed by atoms with E-state index in [1.165, 1.54) is 48.2 Å². The Morgan fingerprint density at radius 2 is 1.89 bits per heavy atom. The summed E-state index contributed by atoms with van der Waals surface area (Å²) in [7, 11) is 0. The van der Waals surface area contributed by atoms with Crippen LogP contribution in [0.4, 0.5) is 0 Å². The van der Waals surface area contributed by atoms with Crippen LogP contribution in [0.25, 0.3) is 0 Å². The molecular formula is C33H42N2. The van der Waals surface area contributed by atoms with Crippen LogP contribution < -0.4 is 5.32 Å². The van der Waals surface area contributed by atoms with Crippen molar-refractivity contribution in [3.05, 3.63) is 120 Å². The van der Waals surface area contributed by atoms with Gasteiger partial charge in [-0.15, -0.1) is 0 Å². The predicted molar refractivity (Wildman–Crippen MR) is 151 cm³/mol. The summed E-state index contributed by atoms with van der Waals surface area (Å²) in [6, 6.07) is 11.6. The maximum Gasteiger partial charge on any atom is 0.0363 e. The number of hydrogen-bond acceptors (Lipinski definition) is 2. The van der Waals surface area contributed by atoms with Crippen LogP contribution in [-0.4, -0.2) is 30.6 Å². The number of benzene rings is 1. The molecule has 0 bridgehead atoms. The van der Waals surface area contributed by atoms with Crippen LogP contribution in [0, 0.1) is 5.92 Å². The molecule has 0 saturated carbocycles. The lowest BCUT2D eigenvalue weighted by atomic mass is 9.85. The Morgan fingerprint density at radius 3 is 2.77 bits per heavy atom. The van der Waals surface area contributed by atoms with Crippen LogP contribution >= 0.6 is 0 Å². The van der Waals surface area contributed by atoms with Crippen molar-refractivity contribution in [1.29, 1.82) is 0 Å². The van der Waals surface area contributed by atoms with Crippen molar-refractivity contribution in [2.45, 2.75) is 57.4 Å². The number of nitrogens with zero attached hydrogens (tertiary/aromatic N) is 1. The molecule has 0 spiro atoms. The van der Waals surface area contributed by atoms with Gasteiger partial charge in [0.25, 0.3) is 0 Å². The first-order valence-corrected chi connectivity index (χ1v) is 13.5. The summed E-state index contributed by atoms with van der Waals surface area (Å²) in [5, 5.41) is 3.65. The first-order valence-electron chi connectivity index (χ1n) is 13.5. The summed E-state index contributed by atoms with van der Waals surface area (Å²) in [4.78, 5) is 2.73. The summed E-state index contributed by atoms with van der Waals surface area (Å²) in [5.41, 5.74) is 5.50. The molecule has 3 aliphatic rings. The van der Waals surface area contributed by atoms with Crippen LogP contribution in [-0.2, 0) is 0 Å². The lowest BCUT2D eigenvalue weighted by molar-refractivity contribution is 0.201. The Bertz CT molecular complexity index is 1000. The van der Waals surface area contributed by atoms with Gasteiger partial charge in [-0.25, -0.2) is 0 Å². The van der Waals surface area contributed by atoms with Crippen molar-refractivity contribution in [1.82, 2.24) is 10.2 Å². The van der Waals surface area contributed by atoms with Gasteiger partial charge in [0, 0.05) is 24.2 Å². The van der Waals surface area contributed by atoms with Crippen molar-refractivity contribution in [3.8, 4) is 0 Å². The maximum atomic E-state index is 4.44. The van der Waals surface area contributed by atoms with Gasteiger partial charge in [0.15, 0.2) is 0 Å². The lowest BCUT2D eigenvalue weighted by Crippen LogP contribution is -2.35. The van der Waals surface area contributed by atoms with E-state index >= 15 is 0 Å². The molecule has 1 N–H and O–H groups in total. The SMILES string of the molecule is C=C(NCC1=CC=CC=CC1)C1CCCN(C(C)CC(C2=CC=CCC=C2)c2ccccc2)CC1. The highest BCUT2D eigenvalue weighted by molar-refractivity contribution is 5.38. The van der Waals surface area contributed by atoms with E-state index in [4.69, 9.17) is 0 Å². The maximum absolute atomic E-state index is 4.44. The molecule has 4 rings (SSSR count). The van der Waals surface area contributed by atoms with Gasteiger partial charge in [-0.05, 0) is 81.2 Å². The highest BCUT2D eigenvalue weighted by Crippen LogP contribution is 2.33. The molecule has 3 unspecified atom stereocenters. The van der Waals surface area contributed by atoms with Gasteiger partial charge < -0.3 is 10.2 Å². The zero-order valence-corrected chi connectivity index (χ0v) is 21.4. The van der Waals surface area contributed by atoms with Crippen LogP contribution in [0.3, 0.4) is 0 Å². The number of allylic oxidation sites excluding steroid dienone is 12. The Balaban J connectivity index is 1.34. The molecule has 0 radical (unpaired) electrons. The van der Waals surface area contributed by atoms with Crippen molar-refractivity contribution < 1.29 is 0 Å². The van der Waals surface area contributed by atoms with E-state index in [1.54, 1.807) is 0 Å². The molecule has 0 amide bonds. The van der Waals surface area contributed by atoms with Gasteiger partial charge in [0.05, 0.1) is 0 Å². The minimum absolute atomic E-state index is 0.428. The molecule has 2 aliphatic carbocycles. The molecule has 1 aromatic rings. The fraction of sp³-hybridized carbons (Fsp3) is 0.394. The lowest BCUT2D eigenvalue weighted by Gasteiger charge is -2.31. The highest BCUT2D eigenvalue weighted by atomic mass is 15.1. The fourth-order valence-electron chi connectivity index (χ4n) is 5.50. The van der Waals surface area contributed by atoms with Crippen LogP contribution in [0.5, 0.6) is 0 Å². The smallest absolute Gasteiger partial charge is 0.0363 e. The third-order valence-electron chi connectivity index (χ3n) is 7.68. The Hall–Kier alpha value is -2.84. The Labute approximate surface area is 213 Å². The number of likely N-dealkylation sites (tertiary alicyclic amines) is 1. The molecule has 1 saturated heterocycles. The molecular weight excluding hydrogens is 424 g/mol. The van der Waals surface area contributed by atoms with Gasteiger partial charge in [0.1, 0.15) is 0 Å². The average molecular weight is 467 g/mol. The third kappa shape index (κ3) is 7.57. The van der Waals surface area contributed by atoms with Crippen LogP contribution in [0.1, 0.15) is 56.9 Å². The predicted octanol–water partition coefficient (Wildman–Crippen LogP) is 7.64. The van der Waals surface area contributed by atoms with E-state index in [9.17, 15) is 0 Å². The largest absolute Gasteiger partial charge is 0.385 e. The zero-order valence-electron chi connectivity index (χ0n) is 21.4. The summed E-state index contributed by atoms with van der Waals surface area (Å²) in [6.45, 7) is 10.1. The second-order valence-electron chi connectivity index (χ2n) is 10.2. The molecule has 184 valence electrons. The molecule has 2 nitrogen and oxygen atoms in total. The average Bonchev–Trinajstić information content (AvgIpc) is 3.41. The summed E-state index contributed by atoms with van der Waals surface area (Å²) >= 11 is 0. The first-order chi connectivity index (χ1) is 17.2. The Kier molecular flexibility index (Phi) is 9.60. The van der Waals surface area contributed by atoms with E-state index in [2.05, 4.69) is 115 Å². The molecule has 1 heterocycles. The van der Waals surface area contributed by atoms with Gasteiger partial charge in [-0.1, -0.05) is 97.7 Å². The zero-order chi connectivity index (χ0) is 24.3. The summed E-state index contributed by atoms with van der Waals surface area (Å²) in [6.07, 6.45) is 29.1. The minimum atomic E-state index is 0.428. The monoisotopic (exact) mass is 466 g/mol. The van der Waals surface area contributed by atoms with Gasteiger partial charge in [-0.2, -0.15) is 0 Å². The van der Waals surface area contributed by atoms with Crippen LogP contribution in [0.15, 0.2) is 115 Å². The van der Waals surface area contributed by atoms with E-state index in [0.717, 1.165) is 32.4 Å². The molecule has 1 aliphatic heterocycles. The number of rotatable bonds is 9. The van der Waals surface area contributed by atoms with Gasteiger partial charge in [-0.3, -0.25) is 0 Å². The number of nitrogens with one attached hydrogen (secondary N) is 1. The minimum Gasteiger partial charge on any atom is -0.385 e. The Morgan fingerprint density at radius 1 is 1.00 bits per heavy atom. The third-order valence-corrected chi connectivity index (χ3v) is 7.68. The van der Waals surface area contributed by atoms with Crippen molar-refractivity contribution in [2.75, 3.05) is 19.6 Å². The first kappa shape index (κ1) is 25.3. The fourth-order valence-corrected chi connectivity index (χ4v) is 5.50. The quantitative estimate of drug-likeness (QED) is 0.402. The van der Waals surface area contributed by atoms with E-state index < -0.39 is 0 Å². The van der Waals surface area contributed by atoms with Gasteiger partial charge in [0.2, 0.25) is 0 Å². The standard InChI is InChI=1S/C33H42N2/c1-27(25-33(32-19-12-7-13-20-32)31-17-10-5-6-11-18-31)35-23-14-21-30(22-24-35)28(2)34-26-29-15-8-3-4-9-16-29/h3-5,7-13,15,17-20,27,30,33-34H,2,6,14,16,21-26H2,1H3. The van der Waals surface area contributed by atoms with Crippen LogP contribution in [0.2, 0.25) is 0 Å². The summed E-state index contributed by atoms with van der Waals surface area (Å²) < 4.78 is 0. The van der Waals surface area contributed by atoms with Gasteiger partial charge >= 0.3 is 0 Å². The van der Waals surface area contributed by atoms with Crippen molar-refractivity contribution in [2.24, 2.45) is 5.92 Å². The second-order valence-corrected chi connectivity index (χ2v) is 10.2. The molecule has 0 aromatic heterocycles. The normalized spacial score (nSPS) is 22.4. The molecule has 3 atom stereocenters. The van der Waals surface area contributed by atoms with Crippen molar-refractivity contribution >= 4 is 0 Å². The molecule has 1 fully saturated rings. The van der Waals surface area contributed by atoms with E-state index in [1.807, 2.05) is 0 Å². The topological polar surface area (TPSA) is 15.3 Å². The second kappa shape index (κ2) is 13.3.